The summed E-state index contributed by atoms with van der Waals surface area (Å²) in [6, 6.07) is 3.20. The van der Waals surface area contributed by atoms with Crippen LogP contribution in [0.4, 0.5) is 8.78 Å². The number of rotatable bonds is 3. The predicted molar refractivity (Wildman–Crippen MR) is 70.3 cm³/mol. The molecule has 0 aliphatic carbocycles. The van der Waals surface area contributed by atoms with Crippen LogP contribution in [0.3, 0.4) is 0 Å². The molecule has 0 spiro atoms. The lowest BCUT2D eigenvalue weighted by atomic mass is 10.0. The summed E-state index contributed by atoms with van der Waals surface area (Å²) in [5, 5.41) is 9.36. The number of halogens is 2. The van der Waals surface area contributed by atoms with E-state index in [1.807, 2.05) is 19.0 Å². The molecule has 2 rings (SSSR count). The minimum Gasteiger partial charge on any atom is -0.396 e. The fourth-order valence-corrected chi connectivity index (χ4v) is 2.60. The number of aliphatic hydroxyl groups excluding tert-OH is 1. The van der Waals surface area contributed by atoms with E-state index in [0.717, 1.165) is 12.1 Å². The lowest BCUT2D eigenvalue weighted by Crippen LogP contribution is -2.37. The first-order valence-corrected chi connectivity index (χ1v) is 6.45. The summed E-state index contributed by atoms with van der Waals surface area (Å²) in [5.74, 6) is -2.37. The zero-order chi connectivity index (χ0) is 14.9. The fraction of sp³-hybridized carbons (Fsp3) is 0.500. The van der Waals surface area contributed by atoms with Gasteiger partial charge in [0.05, 0.1) is 0 Å². The fourth-order valence-electron chi connectivity index (χ4n) is 2.60. The Hall–Kier alpha value is -1.53. The van der Waals surface area contributed by atoms with Gasteiger partial charge in [-0.1, -0.05) is 0 Å². The highest BCUT2D eigenvalue weighted by Gasteiger charge is 2.36. The molecule has 1 aromatic carbocycles. The molecular weight excluding hydrogens is 266 g/mol. The molecule has 1 aliphatic rings. The van der Waals surface area contributed by atoms with Crippen molar-refractivity contribution in [2.75, 3.05) is 33.8 Å². The van der Waals surface area contributed by atoms with Gasteiger partial charge >= 0.3 is 0 Å². The van der Waals surface area contributed by atoms with Crippen LogP contribution in [0.5, 0.6) is 0 Å². The van der Waals surface area contributed by atoms with Gasteiger partial charge in [-0.05, 0) is 32.3 Å². The lowest BCUT2D eigenvalue weighted by Gasteiger charge is -2.23. The first-order chi connectivity index (χ1) is 9.43. The predicted octanol–water partition coefficient (Wildman–Crippen LogP) is 0.959. The Bertz CT molecular complexity index is 508. The molecule has 0 radical (unpaired) electrons. The normalized spacial score (nSPS) is 22.6. The van der Waals surface area contributed by atoms with E-state index < -0.39 is 11.6 Å². The zero-order valence-corrected chi connectivity index (χ0v) is 11.5. The summed E-state index contributed by atoms with van der Waals surface area (Å²) >= 11 is 0. The monoisotopic (exact) mass is 284 g/mol. The van der Waals surface area contributed by atoms with Gasteiger partial charge in [0.15, 0.2) is 11.6 Å². The quantitative estimate of drug-likeness (QED) is 0.899. The highest BCUT2D eigenvalue weighted by molar-refractivity contribution is 5.94. The Balaban J connectivity index is 2.16. The maximum absolute atomic E-state index is 13.2. The van der Waals surface area contributed by atoms with Crippen molar-refractivity contribution >= 4 is 5.91 Å². The van der Waals surface area contributed by atoms with Crippen LogP contribution in [0.1, 0.15) is 10.4 Å². The number of carbonyl (C=O) groups excluding carboxylic acids is 1. The average molecular weight is 284 g/mol. The Morgan fingerprint density at radius 2 is 2.05 bits per heavy atom. The minimum absolute atomic E-state index is 0.00952. The maximum Gasteiger partial charge on any atom is 0.254 e. The molecule has 1 fully saturated rings. The molecule has 6 heteroatoms. The average Bonchev–Trinajstić information content (AvgIpc) is 2.85. The third-order valence-corrected chi connectivity index (χ3v) is 3.76. The van der Waals surface area contributed by atoms with E-state index >= 15 is 0 Å². The van der Waals surface area contributed by atoms with Gasteiger partial charge in [-0.15, -0.1) is 0 Å². The van der Waals surface area contributed by atoms with E-state index in [1.165, 1.54) is 6.07 Å². The second-order valence-corrected chi connectivity index (χ2v) is 5.31. The smallest absolute Gasteiger partial charge is 0.254 e. The summed E-state index contributed by atoms with van der Waals surface area (Å²) in [5.41, 5.74) is 0.125. The number of likely N-dealkylation sites (N-methyl/N-ethyl adjacent to an activating group) is 1. The number of hydrogen-bond acceptors (Lipinski definition) is 3. The van der Waals surface area contributed by atoms with Crippen molar-refractivity contribution in [1.29, 1.82) is 0 Å². The van der Waals surface area contributed by atoms with Crippen molar-refractivity contribution in [3.05, 3.63) is 35.4 Å². The van der Waals surface area contributed by atoms with Crippen LogP contribution >= 0.6 is 0 Å². The first-order valence-electron chi connectivity index (χ1n) is 6.45. The maximum atomic E-state index is 13.2. The van der Waals surface area contributed by atoms with Crippen molar-refractivity contribution in [3.63, 3.8) is 0 Å². The molecular formula is C14H18F2N2O2. The molecule has 1 amide bonds. The van der Waals surface area contributed by atoms with Crippen molar-refractivity contribution in [2.45, 2.75) is 6.04 Å². The van der Waals surface area contributed by atoms with Gasteiger partial charge in [0, 0.05) is 37.2 Å². The van der Waals surface area contributed by atoms with Crippen LogP contribution in [-0.2, 0) is 0 Å². The van der Waals surface area contributed by atoms with Crippen molar-refractivity contribution in [1.82, 2.24) is 9.80 Å². The number of benzene rings is 1. The Kier molecular flexibility index (Phi) is 4.35. The van der Waals surface area contributed by atoms with E-state index in [2.05, 4.69) is 0 Å². The molecule has 1 aromatic rings. The van der Waals surface area contributed by atoms with Gasteiger partial charge in [0.2, 0.25) is 0 Å². The molecule has 1 saturated heterocycles. The highest BCUT2D eigenvalue weighted by atomic mass is 19.2. The van der Waals surface area contributed by atoms with Gasteiger partial charge in [0.25, 0.3) is 5.91 Å². The van der Waals surface area contributed by atoms with E-state index in [1.54, 1.807) is 4.90 Å². The van der Waals surface area contributed by atoms with E-state index in [4.69, 9.17) is 0 Å². The number of aliphatic hydroxyl groups is 1. The van der Waals surface area contributed by atoms with E-state index in [-0.39, 0.29) is 30.0 Å². The molecule has 0 bridgehead atoms. The van der Waals surface area contributed by atoms with Crippen LogP contribution in [-0.4, -0.2) is 60.6 Å². The topological polar surface area (TPSA) is 43.8 Å². The van der Waals surface area contributed by atoms with Gasteiger partial charge in [-0.3, -0.25) is 4.79 Å². The van der Waals surface area contributed by atoms with E-state index in [9.17, 15) is 18.7 Å². The summed E-state index contributed by atoms with van der Waals surface area (Å²) in [6.07, 6.45) is 0. The van der Waals surface area contributed by atoms with Crippen LogP contribution in [0, 0.1) is 17.6 Å². The molecule has 0 aromatic heterocycles. The number of amides is 1. The second kappa shape index (κ2) is 5.85. The molecule has 2 atom stereocenters. The lowest BCUT2D eigenvalue weighted by molar-refractivity contribution is 0.0778. The molecule has 4 nitrogen and oxygen atoms in total. The van der Waals surface area contributed by atoms with Crippen LogP contribution in [0.25, 0.3) is 0 Å². The zero-order valence-electron chi connectivity index (χ0n) is 11.5. The summed E-state index contributed by atoms with van der Waals surface area (Å²) in [6.45, 7) is 0.873. The Morgan fingerprint density at radius 3 is 2.55 bits per heavy atom. The highest BCUT2D eigenvalue weighted by Crippen LogP contribution is 2.22. The standard InChI is InChI=1S/C14H18F2N2O2/c1-17(2)13-7-18(6-10(13)8-19)14(20)9-3-4-11(15)12(16)5-9/h3-5,10,13,19H,6-8H2,1-2H3/t10-,13+/m0/s1. The van der Waals surface area contributed by atoms with Gasteiger partial charge in [-0.25, -0.2) is 8.78 Å². The third-order valence-electron chi connectivity index (χ3n) is 3.76. The molecule has 0 unspecified atom stereocenters. The van der Waals surface area contributed by atoms with Crippen molar-refractivity contribution in [2.24, 2.45) is 5.92 Å². The SMILES string of the molecule is CN(C)[C@@H]1CN(C(=O)c2ccc(F)c(F)c2)C[C@H]1CO. The molecule has 1 N–H and O–H groups in total. The number of nitrogens with zero attached hydrogens (tertiary/aromatic N) is 2. The Labute approximate surface area is 116 Å². The van der Waals surface area contributed by atoms with Crippen LogP contribution in [0.2, 0.25) is 0 Å². The second-order valence-electron chi connectivity index (χ2n) is 5.31. The van der Waals surface area contributed by atoms with E-state index in [0.29, 0.717) is 13.1 Å². The molecule has 110 valence electrons. The Morgan fingerprint density at radius 1 is 1.35 bits per heavy atom. The van der Waals surface area contributed by atoms with Crippen LogP contribution < -0.4 is 0 Å². The van der Waals surface area contributed by atoms with Gasteiger partial charge in [-0.2, -0.15) is 0 Å². The summed E-state index contributed by atoms with van der Waals surface area (Å²) < 4.78 is 26.1. The first kappa shape index (κ1) is 14.9. The minimum atomic E-state index is -1.03. The van der Waals surface area contributed by atoms with Crippen molar-refractivity contribution < 1.29 is 18.7 Å². The third kappa shape index (κ3) is 2.81. The molecule has 1 aliphatic heterocycles. The van der Waals surface area contributed by atoms with Crippen LogP contribution in [0.15, 0.2) is 18.2 Å². The summed E-state index contributed by atoms with van der Waals surface area (Å²) in [7, 11) is 3.78. The molecule has 20 heavy (non-hydrogen) atoms. The van der Waals surface area contributed by atoms with Crippen molar-refractivity contribution in [3.8, 4) is 0 Å². The molecule has 0 saturated carbocycles. The largest absolute Gasteiger partial charge is 0.396 e. The van der Waals surface area contributed by atoms with Gasteiger partial charge < -0.3 is 14.9 Å². The number of carbonyl (C=O) groups is 1. The molecule has 1 heterocycles. The summed E-state index contributed by atoms with van der Waals surface area (Å²) in [4.78, 5) is 15.8. The van der Waals surface area contributed by atoms with Gasteiger partial charge in [0.1, 0.15) is 0 Å². The number of hydrogen-bond donors (Lipinski definition) is 1. The number of likely N-dealkylation sites (tertiary alicyclic amines) is 1.